The predicted octanol–water partition coefficient (Wildman–Crippen LogP) is 2.51. The van der Waals surface area contributed by atoms with Gasteiger partial charge in [0.05, 0.1) is 6.10 Å². The number of Topliss-reactive ketones (excluding diaryl/α,β-unsaturated/α-hetero) is 1. The lowest BCUT2D eigenvalue weighted by Gasteiger charge is -2.22. The summed E-state index contributed by atoms with van der Waals surface area (Å²) < 4.78 is 5.45. The molecule has 0 spiro atoms. The van der Waals surface area contributed by atoms with Crippen molar-refractivity contribution in [3.05, 3.63) is 0 Å². The van der Waals surface area contributed by atoms with Crippen molar-refractivity contribution in [2.24, 2.45) is 11.8 Å². The molecule has 2 saturated heterocycles. The molecule has 2 atom stereocenters. The van der Waals surface area contributed by atoms with Crippen LogP contribution in [0.2, 0.25) is 0 Å². The zero-order valence-electron chi connectivity index (χ0n) is 9.41. The standard InChI is InChI=1S/C12H20O2S/c1-9-11(2-5-14-9)12(13)8-10-3-6-15-7-4-10/h9-11H,2-8H2,1H3. The summed E-state index contributed by atoms with van der Waals surface area (Å²) in [7, 11) is 0. The maximum absolute atomic E-state index is 12.0. The quantitative estimate of drug-likeness (QED) is 0.742. The summed E-state index contributed by atoms with van der Waals surface area (Å²) >= 11 is 2.02. The topological polar surface area (TPSA) is 26.3 Å². The normalized spacial score (nSPS) is 33.1. The molecule has 0 aromatic heterocycles. The van der Waals surface area contributed by atoms with Gasteiger partial charge in [0.15, 0.2) is 0 Å². The van der Waals surface area contributed by atoms with E-state index in [9.17, 15) is 4.79 Å². The molecule has 2 aliphatic rings. The number of carbonyl (C=O) groups excluding carboxylic acids is 1. The van der Waals surface area contributed by atoms with Gasteiger partial charge in [-0.15, -0.1) is 0 Å². The third-order valence-electron chi connectivity index (χ3n) is 3.62. The van der Waals surface area contributed by atoms with Crippen LogP contribution in [0, 0.1) is 11.8 Å². The zero-order valence-corrected chi connectivity index (χ0v) is 10.2. The van der Waals surface area contributed by atoms with E-state index in [1.807, 2.05) is 18.7 Å². The van der Waals surface area contributed by atoms with Crippen LogP contribution in [0.4, 0.5) is 0 Å². The molecule has 3 heteroatoms. The number of hydrogen-bond acceptors (Lipinski definition) is 3. The van der Waals surface area contributed by atoms with Gasteiger partial charge >= 0.3 is 0 Å². The molecule has 2 heterocycles. The third-order valence-corrected chi connectivity index (χ3v) is 4.67. The van der Waals surface area contributed by atoms with E-state index in [1.54, 1.807) is 0 Å². The van der Waals surface area contributed by atoms with Gasteiger partial charge in [-0.05, 0) is 43.6 Å². The Hall–Kier alpha value is -0.0200. The van der Waals surface area contributed by atoms with Gasteiger partial charge < -0.3 is 4.74 Å². The molecule has 15 heavy (non-hydrogen) atoms. The van der Waals surface area contributed by atoms with Crippen LogP contribution in [0.5, 0.6) is 0 Å². The zero-order chi connectivity index (χ0) is 10.7. The maximum atomic E-state index is 12.0. The smallest absolute Gasteiger partial charge is 0.138 e. The van der Waals surface area contributed by atoms with Gasteiger partial charge in [0.2, 0.25) is 0 Å². The van der Waals surface area contributed by atoms with Gasteiger partial charge in [-0.1, -0.05) is 0 Å². The summed E-state index contributed by atoms with van der Waals surface area (Å²) in [5.74, 6) is 3.80. The molecule has 2 aliphatic heterocycles. The van der Waals surface area contributed by atoms with Gasteiger partial charge in [-0.2, -0.15) is 11.8 Å². The Labute approximate surface area is 96.1 Å². The number of rotatable bonds is 3. The molecule has 2 fully saturated rings. The summed E-state index contributed by atoms with van der Waals surface area (Å²) in [5.41, 5.74) is 0. The molecule has 2 unspecified atom stereocenters. The van der Waals surface area contributed by atoms with Crippen LogP contribution < -0.4 is 0 Å². The number of ether oxygens (including phenoxy) is 1. The fraction of sp³-hybridized carbons (Fsp3) is 0.917. The SMILES string of the molecule is CC1OCCC1C(=O)CC1CCSCC1. The average molecular weight is 228 g/mol. The number of ketones is 1. The minimum Gasteiger partial charge on any atom is -0.378 e. The summed E-state index contributed by atoms with van der Waals surface area (Å²) in [6, 6.07) is 0. The maximum Gasteiger partial charge on any atom is 0.138 e. The van der Waals surface area contributed by atoms with Gasteiger partial charge in [0.25, 0.3) is 0 Å². The second-order valence-corrected chi connectivity index (χ2v) is 5.92. The van der Waals surface area contributed by atoms with E-state index in [0.29, 0.717) is 11.7 Å². The lowest BCUT2D eigenvalue weighted by Crippen LogP contribution is -2.25. The molecule has 0 aromatic carbocycles. The van der Waals surface area contributed by atoms with Crippen LogP contribution in [0.1, 0.15) is 32.6 Å². The molecule has 0 N–H and O–H groups in total. The van der Waals surface area contributed by atoms with Crippen LogP contribution in [-0.4, -0.2) is 30.0 Å². The van der Waals surface area contributed by atoms with Gasteiger partial charge in [0, 0.05) is 18.9 Å². The molecule has 2 rings (SSSR count). The molecule has 0 bridgehead atoms. The Morgan fingerprint density at radius 1 is 1.33 bits per heavy atom. The third kappa shape index (κ3) is 2.97. The van der Waals surface area contributed by atoms with Crippen molar-refractivity contribution in [1.29, 1.82) is 0 Å². The van der Waals surface area contributed by atoms with Crippen molar-refractivity contribution >= 4 is 17.5 Å². The first-order valence-corrected chi connectivity index (χ1v) is 7.15. The van der Waals surface area contributed by atoms with E-state index >= 15 is 0 Å². The van der Waals surface area contributed by atoms with E-state index in [2.05, 4.69) is 0 Å². The van der Waals surface area contributed by atoms with Crippen molar-refractivity contribution in [2.45, 2.75) is 38.7 Å². The number of thioether (sulfide) groups is 1. The summed E-state index contributed by atoms with van der Waals surface area (Å²) in [6.07, 6.45) is 4.38. The highest BCUT2D eigenvalue weighted by molar-refractivity contribution is 7.99. The van der Waals surface area contributed by atoms with Crippen LogP contribution >= 0.6 is 11.8 Å². The largest absolute Gasteiger partial charge is 0.378 e. The molecule has 0 amide bonds. The molecule has 0 aromatic rings. The fourth-order valence-corrected chi connectivity index (χ4v) is 3.75. The molecule has 86 valence electrons. The van der Waals surface area contributed by atoms with Crippen molar-refractivity contribution in [3.8, 4) is 0 Å². The minimum absolute atomic E-state index is 0.162. The lowest BCUT2D eigenvalue weighted by atomic mass is 9.88. The summed E-state index contributed by atoms with van der Waals surface area (Å²) in [6.45, 7) is 2.81. The van der Waals surface area contributed by atoms with E-state index in [0.717, 1.165) is 19.4 Å². The van der Waals surface area contributed by atoms with E-state index in [-0.39, 0.29) is 12.0 Å². The Bertz CT molecular complexity index is 224. The Balaban J connectivity index is 1.80. The molecule has 0 radical (unpaired) electrons. The molecular formula is C12H20O2S. The van der Waals surface area contributed by atoms with Crippen molar-refractivity contribution in [2.75, 3.05) is 18.1 Å². The molecule has 2 nitrogen and oxygen atoms in total. The van der Waals surface area contributed by atoms with E-state index in [4.69, 9.17) is 4.74 Å². The van der Waals surface area contributed by atoms with Crippen molar-refractivity contribution in [3.63, 3.8) is 0 Å². The minimum atomic E-state index is 0.162. The molecule has 0 saturated carbocycles. The Morgan fingerprint density at radius 3 is 2.67 bits per heavy atom. The highest BCUT2D eigenvalue weighted by Gasteiger charge is 2.31. The highest BCUT2D eigenvalue weighted by Crippen LogP contribution is 2.29. The first kappa shape index (κ1) is 11.5. The van der Waals surface area contributed by atoms with Crippen LogP contribution in [0.25, 0.3) is 0 Å². The Kier molecular flexibility index (Phi) is 4.09. The van der Waals surface area contributed by atoms with Crippen molar-refractivity contribution < 1.29 is 9.53 Å². The van der Waals surface area contributed by atoms with Gasteiger partial charge in [-0.3, -0.25) is 4.79 Å². The molecule has 0 aliphatic carbocycles. The van der Waals surface area contributed by atoms with Crippen LogP contribution in [-0.2, 0) is 9.53 Å². The Morgan fingerprint density at radius 2 is 2.07 bits per heavy atom. The van der Waals surface area contributed by atoms with Gasteiger partial charge in [0.1, 0.15) is 5.78 Å². The number of carbonyl (C=O) groups is 1. The first-order chi connectivity index (χ1) is 7.27. The average Bonchev–Trinajstić information content (AvgIpc) is 2.66. The van der Waals surface area contributed by atoms with Crippen LogP contribution in [0.3, 0.4) is 0 Å². The first-order valence-electron chi connectivity index (χ1n) is 5.99. The summed E-state index contributed by atoms with van der Waals surface area (Å²) in [4.78, 5) is 12.0. The van der Waals surface area contributed by atoms with Crippen LogP contribution in [0.15, 0.2) is 0 Å². The van der Waals surface area contributed by atoms with Gasteiger partial charge in [-0.25, -0.2) is 0 Å². The monoisotopic (exact) mass is 228 g/mol. The number of hydrogen-bond donors (Lipinski definition) is 0. The molecular weight excluding hydrogens is 208 g/mol. The summed E-state index contributed by atoms with van der Waals surface area (Å²) in [5, 5.41) is 0. The lowest BCUT2D eigenvalue weighted by molar-refractivity contribution is -0.125. The van der Waals surface area contributed by atoms with Crippen molar-refractivity contribution in [1.82, 2.24) is 0 Å². The van der Waals surface area contributed by atoms with E-state index in [1.165, 1.54) is 24.3 Å². The second-order valence-electron chi connectivity index (χ2n) is 4.70. The highest BCUT2D eigenvalue weighted by atomic mass is 32.2. The van der Waals surface area contributed by atoms with E-state index < -0.39 is 0 Å². The predicted molar refractivity (Wildman–Crippen MR) is 63.2 cm³/mol. The second kappa shape index (κ2) is 5.35. The fourth-order valence-electron chi connectivity index (χ4n) is 2.54.